The molecule has 0 heterocycles. The van der Waals surface area contributed by atoms with Gasteiger partial charge in [0.05, 0.1) is 12.3 Å². The number of rotatable bonds is 5. The molecule has 2 aromatic rings. The third-order valence-corrected chi connectivity index (χ3v) is 2.62. The van der Waals surface area contributed by atoms with Crippen LogP contribution in [0.15, 0.2) is 42.5 Å². The zero-order chi connectivity index (χ0) is 13.7. The van der Waals surface area contributed by atoms with E-state index >= 15 is 0 Å². The van der Waals surface area contributed by atoms with Crippen LogP contribution in [0.1, 0.15) is 12.5 Å². The highest BCUT2D eigenvalue weighted by atomic mass is 19.1. The topological polar surface area (TPSA) is 21.3 Å². The highest BCUT2D eigenvalue weighted by Gasteiger charge is 2.03. The molecule has 0 atom stereocenters. The summed E-state index contributed by atoms with van der Waals surface area (Å²) in [5.41, 5.74) is 1.25. The molecule has 0 fully saturated rings. The molecule has 0 saturated heterocycles. The Kier molecular flexibility index (Phi) is 4.34. The van der Waals surface area contributed by atoms with E-state index in [4.69, 9.17) is 4.74 Å². The lowest BCUT2D eigenvalue weighted by atomic mass is 10.2. The fourth-order valence-electron chi connectivity index (χ4n) is 1.74. The number of hydrogen-bond acceptors (Lipinski definition) is 2. The first-order chi connectivity index (χ1) is 9.19. The van der Waals surface area contributed by atoms with Crippen molar-refractivity contribution in [2.45, 2.75) is 13.5 Å². The second-order valence-corrected chi connectivity index (χ2v) is 4.06. The highest BCUT2D eigenvalue weighted by molar-refractivity contribution is 5.45. The standard InChI is InChI=1S/C15H15F2NO/c1-2-19-13-5-3-4-11(8-13)10-18-15-7-6-12(16)9-14(15)17/h3-9,18H,2,10H2,1H3. The van der Waals surface area contributed by atoms with Gasteiger partial charge in [0.15, 0.2) is 0 Å². The maximum absolute atomic E-state index is 13.4. The van der Waals surface area contributed by atoms with Crippen LogP contribution in [0.2, 0.25) is 0 Å². The molecule has 2 rings (SSSR count). The first-order valence-electron chi connectivity index (χ1n) is 6.09. The summed E-state index contributed by atoms with van der Waals surface area (Å²) in [4.78, 5) is 0. The second kappa shape index (κ2) is 6.18. The van der Waals surface area contributed by atoms with Gasteiger partial charge < -0.3 is 10.1 Å². The summed E-state index contributed by atoms with van der Waals surface area (Å²) < 4.78 is 31.6. The summed E-state index contributed by atoms with van der Waals surface area (Å²) in [5.74, 6) is -0.399. The third kappa shape index (κ3) is 3.68. The number of hydrogen-bond donors (Lipinski definition) is 1. The molecule has 19 heavy (non-hydrogen) atoms. The van der Waals surface area contributed by atoms with Crippen molar-refractivity contribution in [1.82, 2.24) is 0 Å². The molecule has 2 nitrogen and oxygen atoms in total. The molecule has 1 N–H and O–H groups in total. The Morgan fingerprint density at radius 1 is 1.11 bits per heavy atom. The van der Waals surface area contributed by atoms with Gasteiger partial charge in [-0.15, -0.1) is 0 Å². The Hall–Kier alpha value is -2.10. The minimum Gasteiger partial charge on any atom is -0.494 e. The van der Waals surface area contributed by atoms with Crippen molar-refractivity contribution in [3.63, 3.8) is 0 Å². The average molecular weight is 263 g/mol. The molecule has 0 saturated carbocycles. The lowest BCUT2D eigenvalue weighted by Gasteiger charge is -2.09. The van der Waals surface area contributed by atoms with Gasteiger partial charge >= 0.3 is 0 Å². The highest BCUT2D eigenvalue weighted by Crippen LogP contribution is 2.18. The van der Waals surface area contributed by atoms with E-state index in [1.165, 1.54) is 12.1 Å². The van der Waals surface area contributed by atoms with E-state index in [1.54, 1.807) is 0 Å². The van der Waals surface area contributed by atoms with Gasteiger partial charge in [-0.05, 0) is 36.8 Å². The maximum Gasteiger partial charge on any atom is 0.149 e. The zero-order valence-corrected chi connectivity index (χ0v) is 10.6. The fourth-order valence-corrected chi connectivity index (χ4v) is 1.74. The van der Waals surface area contributed by atoms with E-state index in [-0.39, 0.29) is 5.69 Å². The van der Waals surface area contributed by atoms with Gasteiger partial charge in [-0.3, -0.25) is 0 Å². The monoisotopic (exact) mass is 263 g/mol. The van der Waals surface area contributed by atoms with Crippen molar-refractivity contribution >= 4 is 5.69 Å². The molecule has 0 spiro atoms. The number of anilines is 1. The number of halogens is 2. The lowest BCUT2D eigenvalue weighted by Crippen LogP contribution is -2.02. The van der Waals surface area contributed by atoms with Crippen LogP contribution >= 0.6 is 0 Å². The number of nitrogens with one attached hydrogen (secondary N) is 1. The molecule has 100 valence electrons. The summed E-state index contributed by atoms with van der Waals surface area (Å²) in [6.07, 6.45) is 0. The van der Waals surface area contributed by atoms with Crippen LogP contribution in [0.25, 0.3) is 0 Å². The molecule has 0 aromatic heterocycles. The van der Waals surface area contributed by atoms with Gasteiger partial charge in [-0.2, -0.15) is 0 Å². The van der Waals surface area contributed by atoms with Crippen molar-refractivity contribution in [2.24, 2.45) is 0 Å². The predicted molar refractivity (Wildman–Crippen MR) is 71.3 cm³/mol. The molecule has 0 aliphatic rings. The largest absolute Gasteiger partial charge is 0.494 e. The van der Waals surface area contributed by atoms with E-state index < -0.39 is 11.6 Å². The van der Waals surface area contributed by atoms with Crippen molar-refractivity contribution in [3.05, 3.63) is 59.7 Å². The van der Waals surface area contributed by atoms with Crippen LogP contribution in [0.3, 0.4) is 0 Å². The van der Waals surface area contributed by atoms with Crippen LogP contribution in [-0.4, -0.2) is 6.61 Å². The first-order valence-corrected chi connectivity index (χ1v) is 6.09. The summed E-state index contributed by atoms with van der Waals surface area (Å²) in [6.45, 7) is 2.96. The van der Waals surface area contributed by atoms with Crippen molar-refractivity contribution in [3.8, 4) is 5.75 Å². The summed E-state index contributed by atoms with van der Waals surface area (Å²) in [5, 5.41) is 2.93. The molecule has 4 heteroatoms. The molecule has 0 aliphatic heterocycles. The van der Waals surface area contributed by atoms with Crippen molar-refractivity contribution in [2.75, 3.05) is 11.9 Å². The minimum atomic E-state index is -0.596. The minimum absolute atomic E-state index is 0.281. The molecular weight excluding hydrogens is 248 g/mol. The molecule has 0 bridgehead atoms. The molecule has 0 radical (unpaired) electrons. The molecule has 2 aromatic carbocycles. The van der Waals surface area contributed by atoms with E-state index in [9.17, 15) is 8.78 Å². The van der Waals surface area contributed by atoms with Crippen LogP contribution in [0.4, 0.5) is 14.5 Å². The Labute approximate surface area is 111 Å². The molecule has 0 amide bonds. The van der Waals surface area contributed by atoms with Gasteiger partial charge in [-0.25, -0.2) is 8.78 Å². The summed E-state index contributed by atoms with van der Waals surface area (Å²) in [7, 11) is 0. The van der Waals surface area contributed by atoms with Crippen molar-refractivity contribution < 1.29 is 13.5 Å². The van der Waals surface area contributed by atoms with Gasteiger partial charge in [0.2, 0.25) is 0 Å². The molecule has 0 unspecified atom stereocenters. The van der Waals surface area contributed by atoms with E-state index in [0.29, 0.717) is 13.2 Å². The Morgan fingerprint density at radius 2 is 1.95 bits per heavy atom. The second-order valence-electron chi connectivity index (χ2n) is 4.06. The van der Waals surface area contributed by atoms with E-state index in [0.717, 1.165) is 17.4 Å². The van der Waals surface area contributed by atoms with Gasteiger partial charge in [0, 0.05) is 12.6 Å². The molecular formula is C15H15F2NO. The average Bonchev–Trinajstić information content (AvgIpc) is 2.38. The first kappa shape index (κ1) is 13.3. The zero-order valence-electron chi connectivity index (χ0n) is 10.6. The lowest BCUT2D eigenvalue weighted by molar-refractivity contribution is 0.340. The third-order valence-electron chi connectivity index (χ3n) is 2.62. The van der Waals surface area contributed by atoms with Crippen LogP contribution in [0, 0.1) is 11.6 Å². The normalized spacial score (nSPS) is 10.3. The van der Waals surface area contributed by atoms with Crippen LogP contribution < -0.4 is 10.1 Å². The van der Waals surface area contributed by atoms with Gasteiger partial charge in [0.25, 0.3) is 0 Å². The van der Waals surface area contributed by atoms with Crippen LogP contribution in [-0.2, 0) is 6.54 Å². The Bertz CT molecular complexity index is 558. The van der Waals surface area contributed by atoms with Crippen molar-refractivity contribution in [1.29, 1.82) is 0 Å². The Balaban J connectivity index is 2.03. The Morgan fingerprint density at radius 3 is 2.68 bits per heavy atom. The predicted octanol–water partition coefficient (Wildman–Crippen LogP) is 3.98. The number of benzene rings is 2. The molecule has 0 aliphatic carbocycles. The fraction of sp³-hybridized carbons (Fsp3) is 0.200. The number of ether oxygens (including phenoxy) is 1. The quantitative estimate of drug-likeness (QED) is 0.881. The van der Waals surface area contributed by atoms with E-state index in [1.807, 2.05) is 31.2 Å². The SMILES string of the molecule is CCOc1cccc(CNc2ccc(F)cc2F)c1. The summed E-state index contributed by atoms with van der Waals surface area (Å²) >= 11 is 0. The van der Waals surface area contributed by atoms with Gasteiger partial charge in [-0.1, -0.05) is 12.1 Å². The summed E-state index contributed by atoms with van der Waals surface area (Å²) in [6, 6.07) is 11.0. The smallest absolute Gasteiger partial charge is 0.149 e. The van der Waals surface area contributed by atoms with Crippen LogP contribution in [0.5, 0.6) is 5.75 Å². The van der Waals surface area contributed by atoms with Gasteiger partial charge in [0.1, 0.15) is 17.4 Å². The maximum atomic E-state index is 13.4. The van der Waals surface area contributed by atoms with E-state index in [2.05, 4.69) is 5.32 Å².